The minimum absolute atomic E-state index is 0.0504. The van der Waals surface area contributed by atoms with Crippen molar-refractivity contribution in [1.29, 1.82) is 0 Å². The predicted molar refractivity (Wildman–Crippen MR) is 91.6 cm³/mol. The van der Waals surface area contributed by atoms with Crippen LogP contribution in [0.5, 0.6) is 0 Å². The van der Waals surface area contributed by atoms with Crippen LogP contribution < -0.4 is 10.6 Å². The molecule has 2 saturated carbocycles. The highest BCUT2D eigenvalue weighted by Gasteiger charge is 2.56. The monoisotopic (exact) mass is 326 g/mol. The number of hydrogen-bond acceptors (Lipinski definition) is 4. The first kappa shape index (κ1) is 18.5. The fraction of sp³-hybridized carbons (Fsp3) is 0.944. The van der Waals surface area contributed by atoms with Gasteiger partial charge >= 0.3 is 6.09 Å². The fourth-order valence-corrected chi connectivity index (χ4v) is 4.05. The first-order valence-corrected chi connectivity index (χ1v) is 9.11. The number of ether oxygens (including phenoxy) is 2. The van der Waals surface area contributed by atoms with E-state index in [9.17, 15) is 4.79 Å². The van der Waals surface area contributed by atoms with Gasteiger partial charge in [0.25, 0.3) is 0 Å². The van der Waals surface area contributed by atoms with E-state index in [1.54, 1.807) is 0 Å². The van der Waals surface area contributed by atoms with Crippen molar-refractivity contribution in [1.82, 2.24) is 10.6 Å². The zero-order chi connectivity index (χ0) is 17.1. The Bertz CT molecular complexity index is 400. The summed E-state index contributed by atoms with van der Waals surface area (Å²) in [5, 5.41) is 6.56. The highest BCUT2D eigenvalue weighted by atomic mass is 16.6. The second kappa shape index (κ2) is 7.39. The first-order valence-electron chi connectivity index (χ1n) is 9.11. The van der Waals surface area contributed by atoms with Crippen LogP contribution in [0.3, 0.4) is 0 Å². The molecule has 0 heterocycles. The van der Waals surface area contributed by atoms with Crippen LogP contribution in [0.2, 0.25) is 0 Å². The number of carbonyl (C=O) groups excluding carboxylic acids is 1. The quantitative estimate of drug-likeness (QED) is 0.787. The summed E-state index contributed by atoms with van der Waals surface area (Å²) in [5.74, 6) is 0. The third kappa shape index (κ3) is 4.60. The van der Waals surface area contributed by atoms with Crippen LogP contribution in [0.4, 0.5) is 4.79 Å². The summed E-state index contributed by atoms with van der Waals surface area (Å²) in [5.41, 5.74) is -0.120. The molecule has 0 radical (unpaired) electrons. The van der Waals surface area contributed by atoms with Crippen LogP contribution in [-0.4, -0.2) is 43.0 Å². The van der Waals surface area contributed by atoms with Crippen LogP contribution in [0.1, 0.15) is 66.7 Å². The zero-order valence-electron chi connectivity index (χ0n) is 15.4. The smallest absolute Gasteiger partial charge is 0.407 e. The van der Waals surface area contributed by atoms with Crippen LogP contribution in [-0.2, 0) is 9.47 Å². The van der Waals surface area contributed by atoms with Crippen LogP contribution in [0.15, 0.2) is 0 Å². The van der Waals surface area contributed by atoms with Gasteiger partial charge in [-0.1, -0.05) is 12.8 Å². The molecule has 0 saturated heterocycles. The highest BCUT2D eigenvalue weighted by Crippen LogP contribution is 2.54. The van der Waals surface area contributed by atoms with Crippen molar-refractivity contribution in [3.63, 3.8) is 0 Å². The van der Waals surface area contributed by atoms with Crippen molar-refractivity contribution in [3.05, 3.63) is 0 Å². The second-order valence-electron chi connectivity index (χ2n) is 8.13. The first-order chi connectivity index (χ1) is 10.8. The molecule has 0 aliphatic heterocycles. The van der Waals surface area contributed by atoms with Crippen molar-refractivity contribution in [2.75, 3.05) is 13.2 Å². The van der Waals surface area contributed by atoms with Crippen LogP contribution >= 0.6 is 0 Å². The van der Waals surface area contributed by atoms with Gasteiger partial charge in [-0.15, -0.1) is 0 Å². The molecule has 0 aromatic rings. The molecule has 0 bridgehead atoms. The summed E-state index contributed by atoms with van der Waals surface area (Å²) in [4.78, 5) is 11.8. The van der Waals surface area contributed by atoms with Gasteiger partial charge in [0.2, 0.25) is 0 Å². The van der Waals surface area contributed by atoms with Gasteiger partial charge < -0.3 is 20.1 Å². The minimum Gasteiger partial charge on any atom is -0.444 e. The van der Waals surface area contributed by atoms with Crippen LogP contribution in [0, 0.1) is 5.41 Å². The Morgan fingerprint density at radius 3 is 2.52 bits per heavy atom. The lowest BCUT2D eigenvalue weighted by molar-refractivity contribution is -0.130. The van der Waals surface area contributed by atoms with E-state index in [4.69, 9.17) is 9.47 Å². The van der Waals surface area contributed by atoms with Crippen molar-refractivity contribution in [3.8, 4) is 0 Å². The topological polar surface area (TPSA) is 59.6 Å². The van der Waals surface area contributed by atoms with E-state index in [2.05, 4.69) is 17.6 Å². The summed E-state index contributed by atoms with van der Waals surface area (Å²) < 4.78 is 11.2. The molecule has 2 N–H and O–H groups in total. The van der Waals surface area contributed by atoms with Crippen molar-refractivity contribution >= 4 is 6.09 Å². The van der Waals surface area contributed by atoms with Gasteiger partial charge in [-0.05, 0) is 53.9 Å². The van der Waals surface area contributed by atoms with Gasteiger partial charge in [-0.25, -0.2) is 4.79 Å². The summed E-state index contributed by atoms with van der Waals surface area (Å²) in [6.45, 7) is 11.3. The molecule has 1 spiro atoms. The third-order valence-electron chi connectivity index (χ3n) is 5.12. The van der Waals surface area contributed by atoms with Crippen molar-refractivity contribution < 1.29 is 14.3 Å². The number of hydrogen-bond donors (Lipinski definition) is 2. The van der Waals surface area contributed by atoms with E-state index in [0.717, 1.165) is 19.6 Å². The summed E-state index contributed by atoms with van der Waals surface area (Å²) in [6.07, 6.45) is 6.32. The average Bonchev–Trinajstić information content (AvgIpc) is 2.91. The van der Waals surface area contributed by atoms with E-state index < -0.39 is 5.60 Å². The highest BCUT2D eigenvalue weighted by molar-refractivity contribution is 5.68. The van der Waals surface area contributed by atoms with Crippen molar-refractivity contribution in [2.45, 2.75) is 90.5 Å². The molecular weight excluding hydrogens is 292 g/mol. The minimum atomic E-state index is -0.455. The Labute approximate surface area is 140 Å². The lowest BCUT2D eigenvalue weighted by Crippen LogP contribution is -2.64. The van der Waals surface area contributed by atoms with Gasteiger partial charge in [0.05, 0.1) is 6.10 Å². The Morgan fingerprint density at radius 1 is 1.30 bits per heavy atom. The third-order valence-corrected chi connectivity index (χ3v) is 5.12. The fourth-order valence-electron chi connectivity index (χ4n) is 4.05. The van der Waals surface area contributed by atoms with Gasteiger partial charge in [-0.3, -0.25) is 0 Å². The Morgan fingerprint density at radius 2 is 1.96 bits per heavy atom. The van der Waals surface area contributed by atoms with E-state index in [1.165, 1.54) is 25.7 Å². The second-order valence-corrected chi connectivity index (χ2v) is 8.13. The summed E-state index contributed by atoms with van der Waals surface area (Å²) >= 11 is 0. The Balaban J connectivity index is 1.76. The number of amides is 1. The number of alkyl carbamates (subject to hydrolysis) is 1. The zero-order valence-corrected chi connectivity index (χ0v) is 15.4. The lowest BCUT2D eigenvalue weighted by atomic mass is 9.60. The molecule has 2 aliphatic rings. The van der Waals surface area contributed by atoms with E-state index >= 15 is 0 Å². The standard InChI is InChI=1S/C18H34N2O3/c1-6-22-15-11-14(18(15)9-7-8-10-18)19-12-13(2)20-16(21)23-17(3,4)5/h13-15,19H,6-12H2,1-5H3,(H,20,21). The average molecular weight is 326 g/mol. The molecule has 0 aromatic heterocycles. The molecule has 1 amide bonds. The van der Waals surface area contributed by atoms with Gasteiger partial charge in [-0.2, -0.15) is 0 Å². The molecule has 5 nitrogen and oxygen atoms in total. The molecule has 2 fully saturated rings. The predicted octanol–water partition coefficient (Wildman–Crippen LogP) is 3.23. The van der Waals surface area contributed by atoms with E-state index in [1.807, 2.05) is 27.7 Å². The molecule has 0 aromatic carbocycles. The molecule has 134 valence electrons. The molecule has 3 atom stereocenters. The Hall–Kier alpha value is -0.810. The largest absolute Gasteiger partial charge is 0.444 e. The van der Waals surface area contributed by atoms with Gasteiger partial charge in [0, 0.05) is 30.7 Å². The van der Waals surface area contributed by atoms with E-state index in [-0.39, 0.29) is 12.1 Å². The summed E-state index contributed by atoms with van der Waals surface area (Å²) in [7, 11) is 0. The van der Waals surface area contributed by atoms with Gasteiger partial charge in [0.15, 0.2) is 0 Å². The number of carbonyl (C=O) groups is 1. The van der Waals surface area contributed by atoms with Crippen molar-refractivity contribution in [2.24, 2.45) is 5.41 Å². The maximum Gasteiger partial charge on any atom is 0.407 e. The number of rotatable bonds is 6. The SMILES string of the molecule is CCOC1CC(NCC(C)NC(=O)OC(C)(C)C)C12CCCC2. The summed E-state index contributed by atoms with van der Waals surface area (Å²) in [6, 6.07) is 0.568. The molecule has 2 aliphatic carbocycles. The molecule has 5 heteroatoms. The maximum absolute atomic E-state index is 11.8. The maximum atomic E-state index is 11.8. The van der Waals surface area contributed by atoms with E-state index in [0.29, 0.717) is 17.6 Å². The molecule has 23 heavy (non-hydrogen) atoms. The van der Waals surface area contributed by atoms with Crippen LogP contribution in [0.25, 0.3) is 0 Å². The lowest BCUT2D eigenvalue weighted by Gasteiger charge is -2.54. The number of nitrogens with one attached hydrogen (secondary N) is 2. The molecule has 3 unspecified atom stereocenters. The van der Waals surface area contributed by atoms with Gasteiger partial charge in [0.1, 0.15) is 5.60 Å². The normalized spacial score (nSPS) is 27.5. The molecular formula is C18H34N2O3. The Kier molecular flexibility index (Phi) is 5.95. The molecule has 2 rings (SSSR count).